The summed E-state index contributed by atoms with van der Waals surface area (Å²) < 4.78 is 5.79. The maximum Gasteiger partial charge on any atom is 0.122 e. The third kappa shape index (κ3) is 3.85. The van der Waals surface area contributed by atoms with Gasteiger partial charge in [0.2, 0.25) is 0 Å². The minimum atomic E-state index is 0.374. The molecule has 2 heteroatoms. The van der Waals surface area contributed by atoms with Crippen LogP contribution in [0.15, 0.2) is 54.6 Å². The molecule has 2 atom stereocenters. The molecule has 2 nitrogen and oxygen atoms in total. The number of hydrogen-bond acceptors (Lipinski definition) is 2. The van der Waals surface area contributed by atoms with Gasteiger partial charge >= 0.3 is 0 Å². The molecule has 0 radical (unpaired) electrons. The first kappa shape index (κ1) is 15.6. The van der Waals surface area contributed by atoms with Gasteiger partial charge in [-0.05, 0) is 48.9 Å². The lowest BCUT2D eigenvalue weighted by Gasteiger charge is -2.26. The summed E-state index contributed by atoms with van der Waals surface area (Å²) in [5.74, 6) is 1.78. The molecule has 2 rings (SSSR count). The Bertz CT molecular complexity index is 538. The lowest BCUT2D eigenvalue weighted by molar-refractivity contribution is 0.332. The van der Waals surface area contributed by atoms with Crippen LogP contribution in [-0.4, -0.2) is 13.2 Å². The van der Waals surface area contributed by atoms with E-state index in [9.17, 15) is 0 Å². The van der Waals surface area contributed by atoms with Crippen LogP contribution in [0.4, 0.5) is 0 Å². The van der Waals surface area contributed by atoms with Gasteiger partial charge in [0, 0.05) is 0 Å². The number of ether oxygens (including phenoxy) is 1. The van der Waals surface area contributed by atoms with Gasteiger partial charge in [-0.25, -0.2) is 0 Å². The fourth-order valence-corrected chi connectivity index (χ4v) is 2.95. The van der Waals surface area contributed by atoms with Crippen molar-refractivity contribution in [2.45, 2.75) is 32.1 Å². The van der Waals surface area contributed by atoms with E-state index in [2.05, 4.69) is 55.5 Å². The lowest BCUT2D eigenvalue weighted by atomic mass is 9.80. The first-order chi connectivity index (χ1) is 10.3. The van der Waals surface area contributed by atoms with Crippen molar-refractivity contribution >= 4 is 0 Å². The van der Waals surface area contributed by atoms with Crippen LogP contribution in [0.25, 0.3) is 0 Å². The molecule has 0 amide bonds. The molecule has 0 aliphatic rings. The number of benzene rings is 2. The monoisotopic (exact) mass is 283 g/mol. The molecule has 2 N–H and O–H groups in total. The molecule has 0 heterocycles. The molecule has 0 aliphatic carbocycles. The smallest absolute Gasteiger partial charge is 0.122 e. The molecule has 2 unspecified atom stereocenters. The number of para-hydroxylation sites is 1. The summed E-state index contributed by atoms with van der Waals surface area (Å²) in [6.45, 7) is 5.68. The summed E-state index contributed by atoms with van der Waals surface area (Å²) in [5, 5.41) is 0. The second-order valence-electron chi connectivity index (χ2n) is 5.35. The second-order valence-corrected chi connectivity index (χ2v) is 5.35. The van der Waals surface area contributed by atoms with Gasteiger partial charge in [0.1, 0.15) is 5.75 Å². The van der Waals surface area contributed by atoms with E-state index in [1.165, 1.54) is 11.1 Å². The first-order valence-electron chi connectivity index (χ1n) is 7.74. The largest absolute Gasteiger partial charge is 0.494 e. The third-order valence-corrected chi connectivity index (χ3v) is 4.02. The van der Waals surface area contributed by atoms with Gasteiger partial charge in [0.05, 0.1) is 6.61 Å². The zero-order valence-electron chi connectivity index (χ0n) is 13.0. The molecular formula is C19H25NO. The highest BCUT2D eigenvalue weighted by molar-refractivity contribution is 5.38. The SMILES string of the molecule is CCOc1ccccc1C(C)C(CCN)c1ccccc1. The molecule has 0 aromatic heterocycles. The Labute approximate surface area is 127 Å². The fraction of sp³-hybridized carbons (Fsp3) is 0.368. The molecule has 0 saturated heterocycles. The molecule has 21 heavy (non-hydrogen) atoms. The summed E-state index contributed by atoms with van der Waals surface area (Å²) in [6.07, 6.45) is 0.978. The number of hydrogen-bond donors (Lipinski definition) is 1. The first-order valence-corrected chi connectivity index (χ1v) is 7.74. The highest BCUT2D eigenvalue weighted by atomic mass is 16.5. The Morgan fingerprint density at radius 3 is 2.33 bits per heavy atom. The molecular weight excluding hydrogens is 258 g/mol. The fourth-order valence-electron chi connectivity index (χ4n) is 2.95. The van der Waals surface area contributed by atoms with Crippen LogP contribution in [0.5, 0.6) is 5.75 Å². The van der Waals surface area contributed by atoms with E-state index in [-0.39, 0.29) is 0 Å². The number of rotatable bonds is 7. The van der Waals surface area contributed by atoms with Crippen molar-refractivity contribution in [3.8, 4) is 5.75 Å². The van der Waals surface area contributed by atoms with Gasteiger partial charge in [-0.1, -0.05) is 55.5 Å². The Kier molecular flexibility index (Phi) is 5.82. The predicted octanol–water partition coefficient (Wildman–Crippen LogP) is 4.32. The maximum atomic E-state index is 5.85. The molecule has 0 bridgehead atoms. The highest BCUT2D eigenvalue weighted by Gasteiger charge is 2.22. The van der Waals surface area contributed by atoms with Gasteiger partial charge in [0.15, 0.2) is 0 Å². The zero-order chi connectivity index (χ0) is 15.1. The van der Waals surface area contributed by atoms with Crippen molar-refractivity contribution in [2.75, 3.05) is 13.2 Å². The molecule has 0 saturated carbocycles. The number of nitrogens with two attached hydrogens (primary N) is 1. The topological polar surface area (TPSA) is 35.2 Å². The van der Waals surface area contributed by atoms with Crippen LogP contribution in [-0.2, 0) is 0 Å². The Hall–Kier alpha value is -1.80. The van der Waals surface area contributed by atoms with Gasteiger partial charge in [-0.2, -0.15) is 0 Å². The quantitative estimate of drug-likeness (QED) is 0.821. The van der Waals surface area contributed by atoms with Crippen molar-refractivity contribution in [1.82, 2.24) is 0 Å². The lowest BCUT2D eigenvalue weighted by Crippen LogP contribution is -2.14. The van der Waals surface area contributed by atoms with Crippen LogP contribution in [0.3, 0.4) is 0 Å². The molecule has 0 aliphatic heterocycles. The maximum absolute atomic E-state index is 5.85. The average Bonchev–Trinajstić information content (AvgIpc) is 2.54. The molecule has 0 fully saturated rings. The Balaban J connectivity index is 2.32. The van der Waals surface area contributed by atoms with E-state index in [1.54, 1.807) is 0 Å². The van der Waals surface area contributed by atoms with Crippen molar-refractivity contribution < 1.29 is 4.74 Å². The average molecular weight is 283 g/mol. The molecule has 0 spiro atoms. The minimum absolute atomic E-state index is 0.374. The highest BCUT2D eigenvalue weighted by Crippen LogP contribution is 2.38. The van der Waals surface area contributed by atoms with Gasteiger partial charge in [-0.15, -0.1) is 0 Å². The third-order valence-electron chi connectivity index (χ3n) is 4.02. The van der Waals surface area contributed by atoms with Crippen molar-refractivity contribution in [1.29, 1.82) is 0 Å². The van der Waals surface area contributed by atoms with E-state index in [0.29, 0.717) is 25.0 Å². The van der Waals surface area contributed by atoms with E-state index in [0.717, 1.165) is 12.2 Å². The van der Waals surface area contributed by atoms with Crippen LogP contribution >= 0.6 is 0 Å². The Morgan fingerprint density at radius 2 is 1.67 bits per heavy atom. The summed E-state index contributed by atoms with van der Waals surface area (Å²) in [7, 11) is 0. The van der Waals surface area contributed by atoms with Crippen LogP contribution < -0.4 is 10.5 Å². The summed E-state index contributed by atoms with van der Waals surface area (Å²) in [5.41, 5.74) is 8.46. The van der Waals surface area contributed by atoms with E-state index in [4.69, 9.17) is 10.5 Å². The van der Waals surface area contributed by atoms with Gasteiger partial charge in [-0.3, -0.25) is 0 Å². The summed E-state index contributed by atoms with van der Waals surface area (Å²) >= 11 is 0. The summed E-state index contributed by atoms with van der Waals surface area (Å²) in [4.78, 5) is 0. The predicted molar refractivity (Wildman–Crippen MR) is 88.9 cm³/mol. The molecule has 2 aromatic carbocycles. The van der Waals surface area contributed by atoms with Crippen molar-refractivity contribution in [2.24, 2.45) is 5.73 Å². The van der Waals surface area contributed by atoms with Crippen LogP contribution in [0, 0.1) is 0 Å². The molecule has 112 valence electrons. The van der Waals surface area contributed by atoms with Crippen molar-refractivity contribution in [3.05, 3.63) is 65.7 Å². The molecule has 2 aromatic rings. The van der Waals surface area contributed by atoms with Crippen LogP contribution in [0.1, 0.15) is 43.2 Å². The standard InChI is InChI=1S/C19H25NO/c1-3-21-19-12-8-7-11-18(19)15(2)17(13-14-20)16-9-5-4-6-10-16/h4-12,15,17H,3,13-14,20H2,1-2H3. The van der Waals surface area contributed by atoms with Crippen LogP contribution in [0.2, 0.25) is 0 Å². The van der Waals surface area contributed by atoms with E-state index < -0.39 is 0 Å². The Morgan fingerprint density at radius 1 is 1.00 bits per heavy atom. The van der Waals surface area contributed by atoms with E-state index in [1.807, 2.05) is 13.0 Å². The van der Waals surface area contributed by atoms with Gasteiger partial charge in [0.25, 0.3) is 0 Å². The normalized spacial score (nSPS) is 13.7. The minimum Gasteiger partial charge on any atom is -0.494 e. The van der Waals surface area contributed by atoms with Crippen molar-refractivity contribution in [3.63, 3.8) is 0 Å². The zero-order valence-corrected chi connectivity index (χ0v) is 13.0. The van der Waals surface area contributed by atoms with Gasteiger partial charge < -0.3 is 10.5 Å². The second kappa shape index (κ2) is 7.84. The summed E-state index contributed by atoms with van der Waals surface area (Å²) in [6, 6.07) is 19.0. The van der Waals surface area contributed by atoms with E-state index >= 15 is 0 Å².